The van der Waals surface area contributed by atoms with E-state index in [4.69, 9.17) is 4.74 Å². The quantitative estimate of drug-likeness (QED) is 0.685. The molecule has 4 nitrogen and oxygen atoms in total. The molecule has 0 heterocycles. The highest BCUT2D eigenvalue weighted by Gasteiger charge is 2.62. The van der Waals surface area contributed by atoms with E-state index in [1.54, 1.807) is 0 Å². The van der Waals surface area contributed by atoms with E-state index in [2.05, 4.69) is 20.8 Å². The van der Waals surface area contributed by atoms with Crippen LogP contribution in [0.4, 0.5) is 0 Å². The molecule has 2 unspecified atom stereocenters. The largest absolute Gasteiger partial charge is 0.469 e. The zero-order chi connectivity index (χ0) is 21.0. The minimum absolute atomic E-state index is 0.110. The Morgan fingerprint density at radius 1 is 1.14 bits per heavy atom. The second kappa shape index (κ2) is 7.66. The number of aliphatic hydroxyl groups is 1. The predicted molar refractivity (Wildman–Crippen MR) is 112 cm³/mol. The monoisotopic (exact) mass is 404 g/mol. The molecule has 4 saturated carbocycles. The third-order valence-corrected chi connectivity index (χ3v) is 10.2. The number of carbonyl (C=O) groups excluding carboxylic acids is 2. The molecule has 0 aromatic heterocycles. The number of hydrogen-bond acceptors (Lipinski definition) is 4. The van der Waals surface area contributed by atoms with Crippen molar-refractivity contribution in [1.29, 1.82) is 0 Å². The minimum Gasteiger partial charge on any atom is -0.469 e. The molecule has 164 valence electrons. The summed E-state index contributed by atoms with van der Waals surface area (Å²) in [5.74, 6) is 3.08. The highest BCUT2D eigenvalue weighted by Crippen LogP contribution is 2.67. The Labute approximate surface area is 176 Å². The number of aliphatic hydroxyl groups excluding tert-OH is 1. The molecule has 0 bridgehead atoms. The first kappa shape index (κ1) is 21.3. The van der Waals surface area contributed by atoms with E-state index in [1.165, 1.54) is 26.4 Å². The van der Waals surface area contributed by atoms with E-state index in [0.717, 1.165) is 32.1 Å². The average Bonchev–Trinajstić information content (AvgIpc) is 3.04. The Morgan fingerprint density at radius 2 is 1.83 bits per heavy atom. The van der Waals surface area contributed by atoms with Gasteiger partial charge in [0.2, 0.25) is 0 Å². The van der Waals surface area contributed by atoms with E-state index in [9.17, 15) is 14.7 Å². The van der Waals surface area contributed by atoms with Crippen molar-refractivity contribution < 1.29 is 19.4 Å². The van der Waals surface area contributed by atoms with Crippen LogP contribution in [-0.4, -0.2) is 30.1 Å². The van der Waals surface area contributed by atoms with Gasteiger partial charge in [0.25, 0.3) is 0 Å². The molecule has 4 aliphatic carbocycles. The lowest BCUT2D eigenvalue weighted by Crippen LogP contribution is -2.57. The minimum atomic E-state index is -0.210. The molecule has 29 heavy (non-hydrogen) atoms. The summed E-state index contributed by atoms with van der Waals surface area (Å²) in [5.41, 5.74) is 0.456. The van der Waals surface area contributed by atoms with Gasteiger partial charge in [0, 0.05) is 18.8 Å². The first-order chi connectivity index (χ1) is 13.7. The number of ketones is 1. The van der Waals surface area contributed by atoms with Gasteiger partial charge in [-0.3, -0.25) is 9.59 Å². The van der Waals surface area contributed by atoms with Crippen LogP contribution < -0.4 is 0 Å². The lowest BCUT2D eigenvalue weighted by molar-refractivity contribution is -0.160. The number of Topliss-reactive ketones (excluding diaryl/α,β-unsaturated/α-hetero) is 1. The van der Waals surface area contributed by atoms with Crippen molar-refractivity contribution in [3.05, 3.63) is 0 Å². The molecule has 0 aromatic rings. The van der Waals surface area contributed by atoms with Crippen LogP contribution in [0.15, 0.2) is 0 Å². The normalized spacial score (nSPS) is 47.7. The first-order valence-corrected chi connectivity index (χ1v) is 12.0. The van der Waals surface area contributed by atoms with Gasteiger partial charge in [0.1, 0.15) is 5.78 Å². The van der Waals surface area contributed by atoms with E-state index in [-0.39, 0.29) is 28.8 Å². The van der Waals surface area contributed by atoms with Crippen LogP contribution in [0.3, 0.4) is 0 Å². The third-order valence-electron chi connectivity index (χ3n) is 10.2. The molecule has 4 fully saturated rings. The highest BCUT2D eigenvalue weighted by molar-refractivity contribution is 5.83. The van der Waals surface area contributed by atoms with Gasteiger partial charge in [-0.1, -0.05) is 20.8 Å². The molecule has 9 atom stereocenters. The van der Waals surface area contributed by atoms with Gasteiger partial charge in [-0.15, -0.1) is 0 Å². The molecule has 1 N–H and O–H groups in total. The number of ether oxygens (including phenoxy) is 1. The number of hydrogen-bond donors (Lipinski definition) is 1. The van der Waals surface area contributed by atoms with Crippen LogP contribution in [0, 0.1) is 46.3 Å². The number of fused-ring (bicyclic) bond motifs is 5. The summed E-state index contributed by atoms with van der Waals surface area (Å²) in [6, 6.07) is 0. The van der Waals surface area contributed by atoms with Crippen LogP contribution in [0.2, 0.25) is 0 Å². The maximum atomic E-state index is 13.4. The lowest BCUT2D eigenvalue weighted by Gasteiger charge is -2.60. The summed E-state index contributed by atoms with van der Waals surface area (Å²) in [5, 5.41) is 10.2. The molecule has 0 aliphatic heterocycles. The first-order valence-electron chi connectivity index (χ1n) is 12.0. The number of methoxy groups -OCH3 is 1. The predicted octanol–water partition coefficient (Wildman–Crippen LogP) is 4.77. The summed E-state index contributed by atoms with van der Waals surface area (Å²) < 4.78 is 4.85. The van der Waals surface area contributed by atoms with Gasteiger partial charge < -0.3 is 9.84 Å². The van der Waals surface area contributed by atoms with Gasteiger partial charge in [-0.25, -0.2) is 0 Å². The molecule has 4 heteroatoms. The van der Waals surface area contributed by atoms with Gasteiger partial charge in [-0.2, -0.15) is 0 Å². The fourth-order valence-corrected chi connectivity index (χ4v) is 8.53. The van der Waals surface area contributed by atoms with Gasteiger partial charge in [-0.05, 0) is 91.8 Å². The van der Waals surface area contributed by atoms with E-state index in [1.807, 2.05) is 0 Å². The topological polar surface area (TPSA) is 63.6 Å². The molecular weight excluding hydrogens is 364 g/mol. The molecule has 0 radical (unpaired) electrons. The van der Waals surface area contributed by atoms with Crippen molar-refractivity contribution in [2.24, 2.45) is 46.3 Å². The fraction of sp³-hybridized carbons (Fsp3) is 0.920. The highest BCUT2D eigenvalue weighted by atomic mass is 16.5. The van der Waals surface area contributed by atoms with E-state index < -0.39 is 0 Å². The summed E-state index contributed by atoms with van der Waals surface area (Å²) in [7, 11) is 1.47. The Bertz CT molecular complexity index is 659. The third kappa shape index (κ3) is 3.38. The summed E-state index contributed by atoms with van der Waals surface area (Å²) in [4.78, 5) is 25.0. The zero-order valence-corrected chi connectivity index (χ0v) is 18.8. The van der Waals surface area contributed by atoms with Gasteiger partial charge in [0.15, 0.2) is 0 Å². The summed E-state index contributed by atoms with van der Waals surface area (Å²) >= 11 is 0. The Balaban J connectivity index is 1.53. The summed E-state index contributed by atoms with van der Waals surface area (Å²) in [6.45, 7) is 7.18. The van der Waals surface area contributed by atoms with Crippen LogP contribution in [0.25, 0.3) is 0 Å². The Hall–Kier alpha value is -0.900. The van der Waals surface area contributed by atoms with Crippen molar-refractivity contribution in [3.63, 3.8) is 0 Å². The van der Waals surface area contributed by atoms with E-state index in [0.29, 0.717) is 48.2 Å². The second-order valence-corrected chi connectivity index (χ2v) is 11.4. The smallest absolute Gasteiger partial charge is 0.305 e. The molecule has 0 saturated heterocycles. The molecule has 4 rings (SSSR count). The van der Waals surface area contributed by atoms with Crippen LogP contribution in [0.5, 0.6) is 0 Å². The number of carbonyl (C=O) groups is 2. The second-order valence-electron chi connectivity index (χ2n) is 11.4. The van der Waals surface area contributed by atoms with Crippen LogP contribution in [0.1, 0.15) is 85.0 Å². The Kier molecular flexibility index (Phi) is 5.63. The average molecular weight is 405 g/mol. The van der Waals surface area contributed by atoms with Crippen molar-refractivity contribution in [1.82, 2.24) is 0 Å². The lowest BCUT2D eigenvalue weighted by atomic mass is 9.44. The van der Waals surface area contributed by atoms with Crippen LogP contribution >= 0.6 is 0 Å². The maximum Gasteiger partial charge on any atom is 0.305 e. The molecule has 0 amide bonds. The van der Waals surface area contributed by atoms with Crippen molar-refractivity contribution in [2.75, 3.05) is 7.11 Å². The maximum absolute atomic E-state index is 13.4. The summed E-state index contributed by atoms with van der Waals surface area (Å²) in [6.07, 6.45) is 9.40. The van der Waals surface area contributed by atoms with Crippen molar-refractivity contribution >= 4 is 11.8 Å². The molecular formula is C25H40O4. The fourth-order valence-electron chi connectivity index (χ4n) is 8.53. The van der Waals surface area contributed by atoms with Crippen molar-refractivity contribution in [3.8, 4) is 0 Å². The molecule has 0 aromatic carbocycles. The molecule has 0 spiro atoms. The van der Waals surface area contributed by atoms with Crippen LogP contribution in [-0.2, 0) is 14.3 Å². The van der Waals surface area contributed by atoms with Crippen molar-refractivity contribution in [2.45, 2.75) is 91.1 Å². The van der Waals surface area contributed by atoms with Gasteiger partial charge in [0.05, 0.1) is 13.2 Å². The van der Waals surface area contributed by atoms with Gasteiger partial charge >= 0.3 is 5.97 Å². The number of esters is 1. The van der Waals surface area contributed by atoms with E-state index >= 15 is 0 Å². The number of rotatable bonds is 4. The SMILES string of the molecule is COC(=O)CC[C@@H](C)C1CC[C@H]2C3C(=O)C[C@@H]4C[C@H](O)CC[C@]4(C)[C@H]3CC[C@]12C. The zero-order valence-electron chi connectivity index (χ0n) is 18.8. The Morgan fingerprint density at radius 3 is 2.55 bits per heavy atom. The molecule has 4 aliphatic rings. The standard InChI is InChI=1S/C25H40O4/c1-15(5-8-22(28)29-4)18-6-7-19-23-20(10-12-25(18,19)3)24(2)11-9-17(26)13-16(24)14-21(23)27/h15-20,23,26H,5-14H2,1-4H3/t15-,16+,17-,18?,19+,20+,23?,24+,25-/m1/s1.